The van der Waals surface area contributed by atoms with Gasteiger partial charge in [-0.2, -0.15) is 0 Å². The summed E-state index contributed by atoms with van der Waals surface area (Å²) in [4.78, 5) is 11.5. The number of aliphatic hydroxyl groups is 1. The molecular weight excluding hydrogens is 204 g/mol. The van der Waals surface area contributed by atoms with Crippen molar-refractivity contribution in [3.8, 4) is 0 Å². The van der Waals surface area contributed by atoms with Crippen molar-refractivity contribution in [1.82, 2.24) is 0 Å². The number of ketones is 1. The second-order valence-electron chi connectivity index (χ2n) is 4.12. The predicted molar refractivity (Wildman–Crippen MR) is 59.6 cm³/mol. The summed E-state index contributed by atoms with van der Waals surface area (Å²) in [6, 6.07) is 8.84. The van der Waals surface area contributed by atoms with Crippen LogP contribution in [0.25, 0.3) is 0 Å². The van der Waals surface area contributed by atoms with E-state index in [1.807, 2.05) is 19.9 Å². The third-order valence-corrected chi connectivity index (χ3v) is 2.53. The van der Waals surface area contributed by atoms with Crippen molar-refractivity contribution in [3.63, 3.8) is 0 Å². The lowest BCUT2D eigenvalue weighted by Crippen LogP contribution is -2.45. The smallest absolute Gasteiger partial charge is 0.210 e. The molecule has 0 fully saturated rings. The maximum atomic E-state index is 11.5. The Balaban J connectivity index is 2.33. The molecule has 1 N–H and O–H groups in total. The fourth-order valence-corrected chi connectivity index (χ4v) is 1.71. The zero-order valence-electron chi connectivity index (χ0n) is 9.31. The van der Waals surface area contributed by atoms with Gasteiger partial charge in [0.1, 0.15) is 5.76 Å². The quantitative estimate of drug-likeness (QED) is 0.841. The second kappa shape index (κ2) is 3.76. The molecule has 1 atom stereocenters. The Hall–Kier alpha value is -1.61. The number of hydrogen-bond donors (Lipinski definition) is 1. The Bertz CT molecular complexity index is 434. The van der Waals surface area contributed by atoms with E-state index in [1.54, 1.807) is 24.3 Å². The van der Waals surface area contributed by atoms with Gasteiger partial charge in [0.25, 0.3) is 0 Å². The lowest BCUT2D eigenvalue weighted by Gasteiger charge is -2.35. The van der Waals surface area contributed by atoms with E-state index < -0.39 is 5.60 Å². The molecule has 1 unspecified atom stereocenters. The summed E-state index contributed by atoms with van der Waals surface area (Å²) < 4.78 is 5.42. The molecule has 1 aliphatic carbocycles. The maximum Gasteiger partial charge on any atom is 0.210 e. The molecule has 1 aromatic rings. The van der Waals surface area contributed by atoms with E-state index >= 15 is 0 Å². The van der Waals surface area contributed by atoms with Gasteiger partial charge in [0.05, 0.1) is 6.10 Å². The van der Waals surface area contributed by atoms with E-state index in [2.05, 4.69) is 0 Å². The molecule has 0 bridgehead atoms. The van der Waals surface area contributed by atoms with Crippen molar-refractivity contribution in [1.29, 1.82) is 0 Å². The Morgan fingerprint density at radius 3 is 2.38 bits per heavy atom. The standard InChI is InChI=1S/C13H14O3/c1-9(2)16-12-8-11(14)13(12,15)10-6-4-3-5-7-10/h3-9,15H,1-2H3. The number of carbonyl (C=O) groups is 1. The minimum Gasteiger partial charge on any atom is -0.491 e. The summed E-state index contributed by atoms with van der Waals surface area (Å²) in [5.41, 5.74) is -1.02. The molecule has 1 aliphatic rings. The summed E-state index contributed by atoms with van der Waals surface area (Å²) in [7, 11) is 0. The molecule has 0 heterocycles. The van der Waals surface area contributed by atoms with Gasteiger partial charge in [-0.15, -0.1) is 0 Å². The number of benzene rings is 1. The second-order valence-corrected chi connectivity index (χ2v) is 4.12. The fourth-order valence-electron chi connectivity index (χ4n) is 1.71. The van der Waals surface area contributed by atoms with Crippen LogP contribution in [0.5, 0.6) is 0 Å². The molecule has 3 heteroatoms. The molecule has 0 aliphatic heterocycles. The Labute approximate surface area is 94.4 Å². The number of hydrogen-bond acceptors (Lipinski definition) is 3. The normalized spacial score (nSPS) is 24.0. The molecule has 0 saturated heterocycles. The van der Waals surface area contributed by atoms with Crippen LogP contribution in [0.3, 0.4) is 0 Å². The summed E-state index contributed by atoms with van der Waals surface area (Å²) in [6.45, 7) is 3.71. The monoisotopic (exact) mass is 218 g/mol. The third-order valence-electron chi connectivity index (χ3n) is 2.53. The first-order valence-corrected chi connectivity index (χ1v) is 5.26. The molecule has 3 nitrogen and oxygen atoms in total. The maximum absolute atomic E-state index is 11.5. The largest absolute Gasteiger partial charge is 0.491 e. The molecule has 0 aromatic heterocycles. The average molecular weight is 218 g/mol. The van der Waals surface area contributed by atoms with Crippen molar-refractivity contribution in [2.24, 2.45) is 0 Å². The molecular formula is C13H14O3. The van der Waals surface area contributed by atoms with Crippen LogP contribution in [0, 0.1) is 0 Å². The van der Waals surface area contributed by atoms with Crippen molar-refractivity contribution < 1.29 is 14.6 Å². The number of ether oxygens (including phenoxy) is 1. The van der Waals surface area contributed by atoms with Crippen LogP contribution in [0.4, 0.5) is 0 Å². The highest BCUT2D eigenvalue weighted by molar-refractivity contribution is 6.07. The van der Waals surface area contributed by atoms with Gasteiger partial charge in [-0.3, -0.25) is 4.79 Å². The predicted octanol–water partition coefficient (Wildman–Crippen LogP) is 1.77. The minimum absolute atomic E-state index is 0.0606. The SMILES string of the molecule is CC(C)OC1=CC(=O)C1(O)c1ccccc1. The van der Waals surface area contributed by atoms with Crippen LogP contribution in [-0.4, -0.2) is 17.0 Å². The van der Waals surface area contributed by atoms with Crippen LogP contribution >= 0.6 is 0 Å². The summed E-state index contributed by atoms with van der Waals surface area (Å²) >= 11 is 0. The van der Waals surface area contributed by atoms with Crippen molar-refractivity contribution in [2.45, 2.75) is 25.6 Å². The summed E-state index contributed by atoms with van der Waals surface area (Å²) in [5.74, 6) is 0.00745. The van der Waals surface area contributed by atoms with Gasteiger partial charge in [-0.1, -0.05) is 30.3 Å². The van der Waals surface area contributed by atoms with E-state index in [4.69, 9.17) is 4.74 Å². The Kier molecular flexibility index (Phi) is 2.56. The van der Waals surface area contributed by atoms with Gasteiger partial charge in [-0.25, -0.2) is 0 Å². The first-order valence-electron chi connectivity index (χ1n) is 5.26. The van der Waals surface area contributed by atoms with Crippen LogP contribution in [0.2, 0.25) is 0 Å². The lowest BCUT2D eigenvalue weighted by molar-refractivity contribution is -0.140. The minimum atomic E-state index is -1.58. The average Bonchev–Trinajstić information content (AvgIpc) is 2.28. The lowest BCUT2D eigenvalue weighted by atomic mass is 9.79. The van der Waals surface area contributed by atoms with E-state index in [-0.39, 0.29) is 11.9 Å². The molecule has 0 spiro atoms. The highest BCUT2D eigenvalue weighted by Crippen LogP contribution is 2.39. The van der Waals surface area contributed by atoms with E-state index in [1.165, 1.54) is 6.08 Å². The van der Waals surface area contributed by atoms with E-state index in [0.29, 0.717) is 11.3 Å². The van der Waals surface area contributed by atoms with Gasteiger partial charge in [0, 0.05) is 6.08 Å². The van der Waals surface area contributed by atoms with E-state index in [9.17, 15) is 9.90 Å². The third kappa shape index (κ3) is 1.53. The summed E-state index contributed by atoms with van der Waals surface area (Å²) in [5, 5.41) is 10.3. The Morgan fingerprint density at radius 2 is 1.88 bits per heavy atom. The van der Waals surface area contributed by atoms with Crippen LogP contribution in [0.15, 0.2) is 42.2 Å². The zero-order chi connectivity index (χ0) is 11.8. The number of rotatable bonds is 3. The highest BCUT2D eigenvalue weighted by Gasteiger charge is 2.50. The Morgan fingerprint density at radius 1 is 1.25 bits per heavy atom. The van der Waals surface area contributed by atoms with Gasteiger partial charge >= 0.3 is 0 Å². The molecule has 0 radical (unpaired) electrons. The van der Waals surface area contributed by atoms with Crippen molar-refractivity contribution >= 4 is 5.78 Å². The summed E-state index contributed by atoms with van der Waals surface area (Å²) in [6.07, 6.45) is 1.28. The van der Waals surface area contributed by atoms with Gasteiger partial charge in [-0.05, 0) is 19.4 Å². The molecule has 0 saturated carbocycles. The highest BCUT2D eigenvalue weighted by atomic mass is 16.5. The molecule has 0 amide bonds. The molecule has 1 aromatic carbocycles. The van der Waals surface area contributed by atoms with Gasteiger partial charge in [0.15, 0.2) is 0 Å². The van der Waals surface area contributed by atoms with Crippen LogP contribution in [-0.2, 0) is 15.1 Å². The van der Waals surface area contributed by atoms with Gasteiger partial charge in [0.2, 0.25) is 11.4 Å². The molecule has 2 rings (SSSR count). The van der Waals surface area contributed by atoms with Gasteiger partial charge < -0.3 is 9.84 Å². The van der Waals surface area contributed by atoms with Crippen LogP contribution in [0.1, 0.15) is 19.4 Å². The first-order chi connectivity index (χ1) is 7.55. The molecule has 16 heavy (non-hydrogen) atoms. The number of carbonyl (C=O) groups excluding carboxylic acids is 1. The van der Waals surface area contributed by atoms with Crippen LogP contribution < -0.4 is 0 Å². The first kappa shape index (κ1) is 10.9. The van der Waals surface area contributed by atoms with E-state index in [0.717, 1.165) is 0 Å². The fraction of sp³-hybridized carbons (Fsp3) is 0.308. The topological polar surface area (TPSA) is 46.5 Å². The molecule has 84 valence electrons. The zero-order valence-corrected chi connectivity index (χ0v) is 9.31. The van der Waals surface area contributed by atoms with Crippen molar-refractivity contribution in [3.05, 3.63) is 47.7 Å². The van der Waals surface area contributed by atoms with Crippen molar-refractivity contribution in [2.75, 3.05) is 0 Å².